The lowest BCUT2D eigenvalue weighted by Gasteiger charge is -2.12. The van der Waals surface area contributed by atoms with Gasteiger partial charge < -0.3 is 15.8 Å². The second-order valence-corrected chi connectivity index (χ2v) is 6.36. The molecule has 1 rings (SSSR count). The van der Waals surface area contributed by atoms with Gasteiger partial charge in [0.25, 0.3) is 0 Å². The number of nitrogens with zero attached hydrogens (tertiary/aromatic N) is 1. The average Bonchev–Trinajstić information content (AvgIpc) is 2.39. The van der Waals surface area contributed by atoms with E-state index in [1.807, 2.05) is 0 Å². The van der Waals surface area contributed by atoms with Crippen LogP contribution in [-0.4, -0.2) is 52.5 Å². The number of carbonyl (C=O) groups is 1. The third-order valence-electron chi connectivity index (χ3n) is 2.39. The maximum absolute atomic E-state index is 12.0. The number of nitrogens with two attached hydrogens (primary N) is 1. The Morgan fingerprint density at radius 3 is 2.70 bits per heavy atom. The molecule has 1 amide bonds. The van der Waals surface area contributed by atoms with Crippen molar-refractivity contribution in [1.29, 1.82) is 0 Å². The molecule has 20 heavy (non-hydrogen) atoms. The fraction of sp³-hybridized carbons (Fsp3) is 0.417. The molecule has 112 valence electrons. The third-order valence-corrected chi connectivity index (χ3v) is 4.20. The molecule has 0 unspecified atom stereocenters. The van der Waals surface area contributed by atoms with Crippen molar-refractivity contribution in [3.8, 4) is 0 Å². The van der Waals surface area contributed by atoms with E-state index >= 15 is 0 Å². The summed E-state index contributed by atoms with van der Waals surface area (Å²) in [7, 11) is -0.630. The van der Waals surface area contributed by atoms with Crippen LogP contribution in [0, 0.1) is 0 Å². The van der Waals surface area contributed by atoms with E-state index in [2.05, 4.69) is 5.32 Å². The Morgan fingerprint density at radius 1 is 1.40 bits per heavy atom. The smallest absolute Gasteiger partial charge is 0.250 e. The van der Waals surface area contributed by atoms with E-state index in [4.69, 9.17) is 10.5 Å². The largest absolute Gasteiger partial charge is 0.370 e. The lowest BCUT2D eigenvalue weighted by atomic mass is 10.3. The summed E-state index contributed by atoms with van der Waals surface area (Å²) in [4.78, 5) is 11.7. The fourth-order valence-corrected chi connectivity index (χ4v) is 2.34. The highest BCUT2D eigenvalue weighted by Crippen LogP contribution is 2.17. The average molecular weight is 301 g/mol. The highest BCUT2D eigenvalue weighted by atomic mass is 32.2. The van der Waals surface area contributed by atoms with Crippen LogP contribution in [0.15, 0.2) is 29.2 Å². The Hall–Kier alpha value is -1.48. The Morgan fingerprint density at radius 2 is 2.10 bits per heavy atom. The van der Waals surface area contributed by atoms with Crippen LogP contribution in [0.5, 0.6) is 0 Å². The number of benzene rings is 1. The predicted molar refractivity (Wildman–Crippen MR) is 75.8 cm³/mol. The van der Waals surface area contributed by atoms with Crippen molar-refractivity contribution < 1.29 is 17.9 Å². The van der Waals surface area contributed by atoms with Crippen molar-refractivity contribution in [2.45, 2.75) is 4.90 Å². The maximum atomic E-state index is 12.0. The second-order valence-electron chi connectivity index (χ2n) is 4.20. The summed E-state index contributed by atoms with van der Waals surface area (Å²) in [5, 5.41) is 2.56. The molecule has 0 aliphatic rings. The van der Waals surface area contributed by atoms with Crippen LogP contribution < -0.4 is 11.1 Å². The summed E-state index contributed by atoms with van der Waals surface area (Å²) in [5.74, 6) is -0.363. The lowest BCUT2D eigenvalue weighted by molar-refractivity contribution is -0.120. The molecule has 7 nitrogen and oxygen atoms in total. The van der Waals surface area contributed by atoms with Gasteiger partial charge in [-0.15, -0.1) is 0 Å². The van der Waals surface area contributed by atoms with Crippen molar-refractivity contribution in [2.75, 3.05) is 39.2 Å². The van der Waals surface area contributed by atoms with E-state index < -0.39 is 10.0 Å². The highest BCUT2D eigenvalue weighted by molar-refractivity contribution is 7.89. The zero-order chi connectivity index (χ0) is 15.2. The molecular weight excluding hydrogens is 282 g/mol. The van der Waals surface area contributed by atoms with Crippen LogP contribution in [0.25, 0.3) is 0 Å². The fourth-order valence-electron chi connectivity index (χ4n) is 1.39. The van der Waals surface area contributed by atoms with E-state index in [0.717, 1.165) is 4.31 Å². The first-order chi connectivity index (χ1) is 9.37. The minimum Gasteiger partial charge on any atom is -0.370 e. The number of carbonyl (C=O) groups excluding carboxylic acids is 1. The van der Waals surface area contributed by atoms with Crippen LogP contribution in [-0.2, 0) is 19.6 Å². The van der Waals surface area contributed by atoms with Gasteiger partial charge in [0.15, 0.2) is 0 Å². The standard InChI is InChI=1S/C12H19N3O4S/c1-15(2)20(17,18)11-5-3-4-10(8-11)14-12(16)9-19-7-6-13/h3-5,8H,6-7,9,13H2,1-2H3,(H,14,16). The van der Waals surface area contributed by atoms with Gasteiger partial charge in [0.05, 0.1) is 11.5 Å². The molecule has 3 N–H and O–H groups in total. The molecule has 0 atom stereocenters. The third kappa shape index (κ3) is 4.57. The van der Waals surface area contributed by atoms with Crippen LogP contribution in [0.4, 0.5) is 5.69 Å². The zero-order valence-electron chi connectivity index (χ0n) is 11.5. The SMILES string of the molecule is CN(C)S(=O)(=O)c1cccc(NC(=O)COCCN)c1. The molecule has 0 saturated heterocycles. The van der Waals surface area contributed by atoms with Crippen LogP contribution in [0.3, 0.4) is 0 Å². The topological polar surface area (TPSA) is 102 Å². The summed E-state index contributed by atoms with van der Waals surface area (Å²) >= 11 is 0. The normalized spacial score (nSPS) is 11.6. The van der Waals surface area contributed by atoms with Gasteiger partial charge in [0, 0.05) is 26.3 Å². The van der Waals surface area contributed by atoms with Gasteiger partial charge in [-0.05, 0) is 18.2 Å². The number of amides is 1. The number of anilines is 1. The first-order valence-corrected chi connectivity index (χ1v) is 7.42. The number of hydrogen-bond acceptors (Lipinski definition) is 5. The Bertz CT molecular complexity index is 558. The molecule has 0 saturated carbocycles. The number of rotatable bonds is 7. The van der Waals surface area contributed by atoms with Gasteiger partial charge in [-0.25, -0.2) is 12.7 Å². The minimum atomic E-state index is -3.52. The van der Waals surface area contributed by atoms with Crippen LogP contribution in [0.2, 0.25) is 0 Å². The van der Waals surface area contributed by atoms with Crippen LogP contribution in [0.1, 0.15) is 0 Å². The molecular formula is C12H19N3O4S. The molecule has 0 bridgehead atoms. The van der Waals surface area contributed by atoms with Crippen LogP contribution >= 0.6 is 0 Å². The summed E-state index contributed by atoms with van der Waals surface area (Å²) in [6.07, 6.45) is 0. The van der Waals surface area contributed by atoms with E-state index in [9.17, 15) is 13.2 Å². The lowest BCUT2D eigenvalue weighted by Crippen LogP contribution is -2.23. The van der Waals surface area contributed by atoms with E-state index in [1.54, 1.807) is 12.1 Å². The van der Waals surface area contributed by atoms with Crippen molar-refractivity contribution in [2.24, 2.45) is 5.73 Å². The molecule has 0 spiro atoms. The minimum absolute atomic E-state index is 0.114. The monoisotopic (exact) mass is 301 g/mol. The molecule has 0 heterocycles. The Balaban J connectivity index is 2.77. The second kappa shape index (κ2) is 7.34. The van der Waals surface area contributed by atoms with Gasteiger partial charge in [0.1, 0.15) is 6.61 Å². The Kier molecular flexibility index (Phi) is 6.08. The Labute approximate surface area is 118 Å². The summed E-state index contributed by atoms with van der Waals surface area (Å²) < 4.78 is 30.0. The quantitative estimate of drug-likeness (QED) is 0.682. The van der Waals surface area contributed by atoms with Gasteiger partial charge in [0.2, 0.25) is 15.9 Å². The summed E-state index contributed by atoms with van der Waals surface area (Å²) in [5.41, 5.74) is 5.63. The number of sulfonamides is 1. The highest BCUT2D eigenvalue weighted by Gasteiger charge is 2.17. The molecule has 0 radical (unpaired) electrons. The van der Waals surface area contributed by atoms with Crippen molar-refractivity contribution in [3.63, 3.8) is 0 Å². The van der Waals surface area contributed by atoms with E-state index in [0.29, 0.717) is 18.8 Å². The van der Waals surface area contributed by atoms with E-state index in [1.165, 1.54) is 26.2 Å². The van der Waals surface area contributed by atoms with Crippen molar-refractivity contribution in [1.82, 2.24) is 4.31 Å². The predicted octanol–water partition coefficient (Wildman–Crippen LogP) is -0.149. The molecule has 1 aromatic carbocycles. The summed E-state index contributed by atoms with van der Waals surface area (Å²) in [6.45, 7) is 0.508. The van der Waals surface area contributed by atoms with Gasteiger partial charge >= 0.3 is 0 Å². The number of hydrogen-bond donors (Lipinski definition) is 2. The summed E-state index contributed by atoms with van der Waals surface area (Å²) in [6, 6.07) is 6.04. The van der Waals surface area contributed by atoms with Gasteiger partial charge in [-0.2, -0.15) is 0 Å². The molecule has 0 aromatic heterocycles. The molecule has 8 heteroatoms. The van der Waals surface area contributed by atoms with Gasteiger partial charge in [-0.1, -0.05) is 6.07 Å². The number of nitrogens with one attached hydrogen (secondary N) is 1. The number of ether oxygens (including phenoxy) is 1. The molecule has 0 fully saturated rings. The van der Waals surface area contributed by atoms with Gasteiger partial charge in [-0.3, -0.25) is 4.79 Å². The van der Waals surface area contributed by atoms with E-state index in [-0.39, 0.29) is 17.4 Å². The van der Waals surface area contributed by atoms with Crippen molar-refractivity contribution in [3.05, 3.63) is 24.3 Å². The first kappa shape index (κ1) is 16.6. The molecule has 0 aliphatic heterocycles. The first-order valence-electron chi connectivity index (χ1n) is 5.98. The molecule has 0 aliphatic carbocycles. The molecule has 1 aromatic rings. The van der Waals surface area contributed by atoms with Crippen molar-refractivity contribution >= 4 is 21.6 Å². The zero-order valence-corrected chi connectivity index (χ0v) is 12.3. The maximum Gasteiger partial charge on any atom is 0.250 e.